The van der Waals surface area contributed by atoms with Crippen molar-refractivity contribution < 1.29 is 0 Å². The van der Waals surface area contributed by atoms with Crippen LogP contribution < -0.4 is 5.32 Å². The van der Waals surface area contributed by atoms with Crippen LogP contribution in [0.3, 0.4) is 0 Å². The Labute approximate surface area is 118 Å². The number of pyridine rings is 1. The summed E-state index contributed by atoms with van der Waals surface area (Å²) in [7, 11) is 1.98. The summed E-state index contributed by atoms with van der Waals surface area (Å²) in [6, 6.07) is 10.4. The van der Waals surface area contributed by atoms with E-state index in [0.29, 0.717) is 0 Å². The summed E-state index contributed by atoms with van der Waals surface area (Å²) in [6.45, 7) is 2.98. The number of imidazole rings is 1. The zero-order chi connectivity index (χ0) is 13.9. The van der Waals surface area contributed by atoms with Crippen molar-refractivity contribution in [1.29, 1.82) is 0 Å². The number of hydrogen-bond acceptors (Lipinski definition) is 3. The van der Waals surface area contributed by atoms with Gasteiger partial charge in [-0.2, -0.15) is 0 Å². The van der Waals surface area contributed by atoms with Gasteiger partial charge in [-0.3, -0.25) is 4.98 Å². The molecule has 0 saturated carbocycles. The fourth-order valence-electron chi connectivity index (χ4n) is 2.43. The highest BCUT2D eigenvalue weighted by Gasteiger charge is 2.16. The third-order valence-electron chi connectivity index (χ3n) is 3.37. The predicted molar refractivity (Wildman–Crippen MR) is 80.5 cm³/mol. The maximum Gasteiger partial charge on any atom is 0.0947 e. The van der Waals surface area contributed by atoms with Crippen molar-refractivity contribution in [1.82, 2.24) is 19.9 Å². The number of para-hydroxylation sites is 1. The van der Waals surface area contributed by atoms with Gasteiger partial charge in [-0.05, 0) is 24.2 Å². The van der Waals surface area contributed by atoms with E-state index in [9.17, 15) is 0 Å². The van der Waals surface area contributed by atoms with Crippen molar-refractivity contribution in [3.63, 3.8) is 0 Å². The first-order valence-corrected chi connectivity index (χ1v) is 6.84. The number of hydrogen-bond donors (Lipinski definition) is 1. The van der Waals surface area contributed by atoms with Gasteiger partial charge < -0.3 is 9.88 Å². The Morgan fingerprint density at radius 3 is 2.85 bits per heavy atom. The van der Waals surface area contributed by atoms with Gasteiger partial charge in [-0.1, -0.05) is 25.1 Å². The molecule has 1 atom stereocenters. The van der Waals surface area contributed by atoms with Gasteiger partial charge in [0.2, 0.25) is 0 Å². The molecule has 1 aromatic carbocycles. The summed E-state index contributed by atoms with van der Waals surface area (Å²) in [6.07, 6.45) is 5.81. The second-order valence-corrected chi connectivity index (χ2v) is 4.92. The maximum atomic E-state index is 4.54. The Morgan fingerprint density at radius 2 is 2.10 bits per heavy atom. The molecule has 1 unspecified atom stereocenters. The van der Waals surface area contributed by atoms with Crippen molar-refractivity contribution in [2.45, 2.75) is 13.0 Å². The summed E-state index contributed by atoms with van der Waals surface area (Å²) >= 11 is 0. The van der Waals surface area contributed by atoms with Gasteiger partial charge >= 0.3 is 0 Å². The van der Waals surface area contributed by atoms with E-state index in [0.717, 1.165) is 28.7 Å². The maximum absolute atomic E-state index is 4.54. The lowest BCUT2D eigenvalue weighted by atomic mass is 10.0. The second-order valence-electron chi connectivity index (χ2n) is 4.92. The van der Waals surface area contributed by atoms with Crippen LogP contribution in [0.4, 0.5) is 0 Å². The van der Waals surface area contributed by atoms with Crippen LogP contribution >= 0.6 is 0 Å². The zero-order valence-corrected chi connectivity index (χ0v) is 11.7. The van der Waals surface area contributed by atoms with E-state index in [2.05, 4.69) is 34.3 Å². The van der Waals surface area contributed by atoms with Gasteiger partial charge in [0.15, 0.2) is 0 Å². The zero-order valence-electron chi connectivity index (χ0n) is 11.7. The minimum Gasteiger partial charge on any atom is -0.340 e. The molecule has 4 heteroatoms. The molecule has 3 rings (SSSR count). The van der Waals surface area contributed by atoms with Crippen molar-refractivity contribution in [3.05, 3.63) is 60.3 Å². The standard InChI is InChI=1S/C16H18N4/c1-3-17-16(15-10-20(2)11-19-15)13-8-12-6-4-5-7-14(12)18-9-13/h4-11,16-17H,3H2,1-2H3. The Bertz CT molecular complexity index is 717. The molecule has 0 fully saturated rings. The molecule has 0 aliphatic carbocycles. The van der Waals surface area contributed by atoms with Crippen molar-refractivity contribution in [2.75, 3.05) is 6.54 Å². The van der Waals surface area contributed by atoms with Crippen molar-refractivity contribution >= 4 is 10.9 Å². The molecule has 1 N–H and O–H groups in total. The van der Waals surface area contributed by atoms with Gasteiger partial charge in [0, 0.05) is 24.8 Å². The van der Waals surface area contributed by atoms with E-state index in [4.69, 9.17) is 0 Å². The highest BCUT2D eigenvalue weighted by molar-refractivity contribution is 5.78. The van der Waals surface area contributed by atoms with Gasteiger partial charge in [0.1, 0.15) is 0 Å². The molecular weight excluding hydrogens is 248 g/mol. The molecule has 2 heterocycles. The fourth-order valence-corrected chi connectivity index (χ4v) is 2.43. The van der Waals surface area contributed by atoms with Crippen LogP contribution in [0, 0.1) is 0 Å². The normalized spacial score (nSPS) is 12.7. The van der Waals surface area contributed by atoms with Crippen LogP contribution in [-0.2, 0) is 7.05 Å². The molecule has 3 aromatic rings. The molecule has 20 heavy (non-hydrogen) atoms. The van der Waals surface area contributed by atoms with Gasteiger partial charge in [0.25, 0.3) is 0 Å². The number of benzene rings is 1. The van der Waals surface area contributed by atoms with Gasteiger partial charge in [-0.25, -0.2) is 4.98 Å². The van der Waals surface area contributed by atoms with Crippen molar-refractivity contribution in [2.24, 2.45) is 7.05 Å². The smallest absolute Gasteiger partial charge is 0.0947 e. The number of aryl methyl sites for hydroxylation is 1. The topological polar surface area (TPSA) is 42.7 Å². The summed E-state index contributed by atoms with van der Waals surface area (Å²) < 4.78 is 1.97. The lowest BCUT2D eigenvalue weighted by Gasteiger charge is -2.16. The van der Waals surface area contributed by atoms with Gasteiger partial charge in [0.05, 0.1) is 23.6 Å². The van der Waals surface area contributed by atoms with E-state index in [1.807, 2.05) is 48.5 Å². The predicted octanol–water partition coefficient (Wildman–Crippen LogP) is 2.67. The third kappa shape index (κ3) is 2.42. The third-order valence-corrected chi connectivity index (χ3v) is 3.37. The SMILES string of the molecule is CCNC(c1cnc2ccccc2c1)c1cn(C)cn1. The summed E-state index contributed by atoms with van der Waals surface area (Å²) in [5.41, 5.74) is 3.18. The molecule has 0 aliphatic rings. The number of aromatic nitrogens is 3. The monoisotopic (exact) mass is 266 g/mol. The number of fused-ring (bicyclic) bond motifs is 1. The molecule has 0 spiro atoms. The molecule has 0 saturated heterocycles. The molecule has 2 aromatic heterocycles. The minimum atomic E-state index is 0.0818. The van der Waals surface area contributed by atoms with E-state index in [-0.39, 0.29) is 6.04 Å². The Balaban J connectivity index is 2.04. The van der Waals surface area contributed by atoms with Crippen LogP contribution in [0.15, 0.2) is 49.1 Å². The first-order chi connectivity index (χ1) is 9.78. The second kappa shape index (κ2) is 5.43. The summed E-state index contributed by atoms with van der Waals surface area (Å²) in [5.74, 6) is 0. The molecule has 0 amide bonds. The molecule has 0 bridgehead atoms. The van der Waals surface area contributed by atoms with Crippen LogP contribution in [0.2, 0.25) is 0 Å². The molecule has 0 radical (unpaired) electrons. The van der Waals surface area contributed by atoms with Crippen LogP contribution in [0.25, 0.3) is 10.9 Å². The van der Waals surface area contributed by atoms with Crippen LogP contribution in [-0.4, -0.2) is 21.1 Å². The first-order valence-electron chi connectivity index (χ1n) is 6.84. The highest BCUT2D eigenvalue weighted by Crippen LogP contribution is 2.23. The van der Waals surface area contributed by atoms with Gasteiger partial charge in [-0.15, -0.1) is 0 Å². The fraction of sp³-hybridized carbons (Fsp3) is 0.250. The average molecular weight is 266 g/mol. The van der Waals surface area contributed by atoms with E-state index >= 15 is 0 Å². The van der Waals surface area contributed by atoms with Crippen molar-refractivity contribution in [3.8, 4) is 0 Å². The number of nitrogens with one attached hydrogen (secondary N) is 1. The molecule has 0 aliphatic heterocycles. The lowest BCUT2D eigenvalue weighted by molar-refractivity contribution is 0.616. The number of nitrogens with zero attached hydrogens (tertiary/aromatic N) is 3. The lowest BCUT2D eigenvalue weighted by Crippen LogP contribution is -2.22. The van der Waals surface area contributed by atoms with Crippen LogP contribution in [0.5, 0.6) is 0 Å². The van der Waals surface area contributed by atoms with E-state index in [1.165, 1.54) is 0 Å². The Morgan fingerprint density at radius 1 is 1.25 bits per heavy atom. The molecule has 4 nitrogen and oxygen atoms in total. The van der Waals surface area contributed by atoms with Crippen LogP contribution in [0.1, 0.15) is 24.2 Å². The largest absolute Gasteiger partial charge is 0.340 e. The van der Waals surface area contributed by atoms with E-state index < -0.39 is 0 Å². The molecular formula is C16H18N4. The number of rotatable bonds is 4. The first kappa shape index (κ1) is 12.8. The quantitative estimate of drug-likeness (QED) is 0.789. The highest BCUT2D eigenvalue weighted by atomic mass is 15.0. The average Bonchev–Trinajstić information content (AvgIpc) is 2.90. The summed E-state index contributed by atoms with van der Waals surface area (Å²) in [4.78, 5) is 9.01. The molecule has 102 valence electrons. The summed E-state index contributed by atoms with van der Waals surface area (Å²) in [5, 5.41) is 4.63. The minimum absolute atomic E-state index is 0.0818. The Hall–Kier alpha value is -2.20. The Kier molecular flexibility index (Phi) is 3.48. The van der Waals surface area contributed by atoms with E-state index in [1.54, 1.807) is 0 Å².